The van der Waals surface area contributed by atoms with Crippen LogP contribution in [0.1, 0.15) is 43.8 Å². The van der Waals surface area contributed by atoms with Gasteiger partial charge in [0.05, 0.1) is 17.0 Å². The molecule has 2 saturated heterocycles. The summed E-state index contributed by atoms with van der Waals surface area (Å²) in [5.74, 6) is 1.79. The maximum Gasteiger partial charge on any atom is 0.239 e. The van der Waals surface area contributed by atoms with Crippen molar-refractivity contribution in [3.8, 4) is 11.4 Å². The van der Waals surface area contributed by atoms with Crippen molar-refractivity contribution >= 4 is 21.6 Å². The van der Waals surface area contributed by atoms with Crippen LogP contribution in [-0.4, -0.2) is 65.3 Å². The number of amides is 1. The van der Waals surface area contributed by atoms with E-state index in [-0.39, 0.29) is 18.9 Å². The number of benzene rings is 1. The summed E-state index contributed by atoms with van der Waals surface area (Å²) in [6.07, 6.45) is 4.52. The third-order valence-electron chi connectivity index (χ3n) is 6.13. The van der Waals surface area contributed by atoms with Crippen LogP contribution in [0.2, 0.25) is 0 Å². The van der Waals surface area contributed by atoms with Crippen molar-refractivity contribution in [3.05, 3.63) is 30.1 Å². The third-order valence-corrected chi connectivity index (χ3v) is 7.87. The third kappa shape index (κ3) is 3.81. The number of aromatic nitrogens is 3. The van der Waals surface area contributed by atoms with Crippen LogP contribution in [0.5, 0.6) is 0 Å². The van der Waals surface area contributed by atoms with Gasteiger partial charge in [0.2, 0.25) is 15.9 Å². The Morgan fingerprint density at radius 2 is 1.93 bits per heavy atom. The second-order valence-corrected chi connectivity index (χ2v) is 10.3. The van der Waals surface area contributed by atoms with Crippen molar-refractivity contribution in [2.75, 3.05) is 24.4 Å². The number of hydrogen-bond donors (Lipinski definition) is 3. The van der Waals surface area contributed by atoms with E-state index in [4.69, 9.17) is 0 Å². The van der Waals surface area contributed by atoms with Gasteiger partial charge in [0.25, 0.3) is 0 Å². The van der Waals surface area contributed by atoms with E-state index < -0.39 is 21.3 Å². The summed E-state index contributed by atoms with van der Waals surface area (Å²) in [4.78, 5) is 19.0. The molecule has 1 amide bonds. The number of carbonyl (C=O) groups is 1. The summed E-state index contributed by atoms with van der Waals surface area (Å²) in [5.41, 5.74) is 1.09. The average molecular weight is 431 g/mol. The molecule has 0 spiro atoms. The molecule has 3 N–H and O–H groups in total. The van der Waals surface area contributed by atoms with Crippen LogP contribution in [0.15, 0.2) is 24.3 Å². The number of likely N-dealkylation sites (tertiary alicyclic amines) is 1. The normalized spacial score (nSPS) is 24.3. The Balaban J connectivity index is 1.31. The van der Waals surface area contributed by atoms with E-state index in [0.29, 0.717) is 23.0 Å². The largest absolute Gasteiger partial charge is 0.341 e. The first-order chi connectivity index (χ1) is 14.5. The smallest absolute Gasteiger partial charge is 0.239 e. The predicted molar refractivity (Wildman–Crippen MR) is 112 cm³/mol. The molecule has 160 valence electrons. The lowest BCUT2D eigenvalue weighted by Gasteiger charge is -2.20. The number of para-hydroxylation sites is 1. The molecule has 3 heterocycles. The first kappa shape index (κ1) is 19.5. The van der Waals surface area contributed by atoms with Crippen molar-refractivity contribution < 1.29 is 13.2 Å². The average Bonchev–Trinajstić information content (AvgIpc) is 3.20. The van der Waals surface area contributed by atoms with Gasteiger partial charge in [0.15, 0.2) is 5.82 Å². The van der Waals surface area contributed by atoms with Crippen LogP contribution >= 0.6 is 0 Å². The molecule has 0 bridgehead atoms. The molecular formula is C20H26N6O3S. The van der Waals surface area contributed by atoms with Gasteiger partial charge in [-0.2, -0.15) is 5.10 Å². The number of aromatic amines is 1. The molecule has 2 atom stereocenters. The number of anilines is 1. The molecular weight excluding hydrogens is 404 g/mol. The predicted octanol–water partition coefficient (Wildman–Crippen LogP) is 1.44. The maximum atomic E-state index is 13.1. The molecule has 2 unspecified atom stereocenters. The van der Waals surface area contributed by atoms with E-state index in [1.165, 1.54) is 0 Å². The lowest BCUT2D eigenvalue weighted by Crippen LogP contribution is -2.42. The molecule has 0 radical (unpaired) electrons. The Labute approximate surface area is 175 Å². The van der Waals surface area contributed by atoms with Gasteiger partial charge in [-0.05, 0) is 44.2 Å². The van der Waals surface area contributed by atoms with Crippen molar-refractivity contribution in [1.82, 2.24) is 25.4 Å². The molecule has 5 rings (SSSR count). The van der Waals surface area contributed by atoms with Gasteiger partial charge in [0.1, 0.15) is 5.82 Å². The van der Waals surface area contributed by atoms with Crippen LogP contribution in [0.4, 0.5) is 5.69 Å². The second-order valence-electron chi connectivity index (χ2n) is 8.36. The zero-order valence-corrected chi connectivity index (χ0v) is 17.5. The van der Waals surface area contributed by atoms with E-state index in [0.717, 1.165) is 44.6 Å². The molecule has 1 aromatic heterocycles. The molecule has 1 aliphatic carbocycles. The van der Waals surface area contributed by atoms with Crippen LogP contribution in [-0.2, 0) is 14.8 Å². The Morgan fingerprint density at radius 1 is 1.17 bits per heavy atom. The van der Waals surface area contributed by atoms with Crippen LogP contribution < -0.4 is 10.0 Å². The number of nitrogens with one attached hydrogen (secondary N) is 3. The quantitative estimate of drug-likeness (QED) is 0.638. The Kier molecular flexibility index (Phi) is 4.98. The highest BCUT2D eigenvalue weighted by Gasteiger charge is 2.39. The van der Waals surface area contributed by atoms with Crippen LogP contribution in [0.3, 0.4) is 0 Å². The fraction of sp³-hybridized carbons (Fsp3) is 0.550. The summed E-state index contributed by atoms with van der Waals surface area (Å²) >= 11 is 0. The highest BCUT2D eigenvalue weighted by atomic mass is 32.2. The van der Waals surface area contributed by atoms with Gasteiger partial charge < -0.3 is 10.2 Å². The van der Waals surface area contributed by atoms with Gasteiger partial charge in [-0.15, -0.1) is 0 Å². The van der Waals surface area contributed by atoms with E-state index in [2.05, 4.69) is 25.2 Å². The minimum atomic E-state index is -3.68. The number of nitrogens with zero attached hydrogens (tertiary/aromatic N) is 3. The van der Waals surface area contributed by atoms with Crippen molar-refractivity contribution in [2.45, 2.75) is 49.3 Å². The standard InChI is InChI=1S/C20H26N6O3S/c27-20(26-9-3-4-10-26)17-11-14(12-21-17)30(28,29)25-16-6-2-1-5-15(16)19-22-18(23-24-19)13-7-8-13/h1-2,5-6,13-14,17,21,25H,3-4,7-12H2,(H,22,23,24). The van der Waals surface area contributed by atoms with Crippen LogP contribution in [0, 0.1) is 0 Å². The monoisotopic (exact) mass is 430 g/mol. The second kappa shape index (κ2) is 7.66. The van der Waals surface area contributed by atoms with Crippen molar-refractivity contribution in [2.24, 2.45) is 0 Å². The van der Waals surface area contributed by atoms with E-state index in [1.54, 1.807) is 12.1 Å². The summed E-state index contributed by atoms with van der Waals surface area (Å²) in [6, 6.07) is 6.71. The number of rotatable bonds is 6. The fourth-order valence-corrected chi connectivity index (χ4v) is 5.64. The molecule has 10 heteroatoms. The topological polar surface area (TPSA) is 120 Å². The van der Waals surface area contributed by atoms with Gasteiger partial charge in [0, 0.05) is 31.1 Å². The van der Waals surface area contributed by atoms with Gasteiger partial charge in [-0.1, -0.05) is 12.1 Å². The maximum absolute atomic E-state index is 13.1. The summed E-state index contributed by atoms with van der Waals surface area (Å²) in [6.45, 7) is 1.79. The zero-order valence-electron chi connectivity index (χ0n) is 16.7. The SMILES string of the molecule is O=C(C1CC(S(=O)(=O)Nc2ccccc2-c2n[nH]c(C3CC3)n2)CN1)N1CCCC1. The number of hydrogen-bond acceptors (Lipinski definition) is 6. The minimum absolute atomic E-state index is 0.0129. The lowest BCUT2D eigenvalue weighted by atomic mass is 10.2. The van der Waals surface area contributed by atoms with Crippen LogP contribution in [0.25, 0.3) is 11.4 Å². The molecule has 3 fully saturated rings. The molecule has 3 aliphatic rings. The van der Waals surface area contributed by atoms with E-state index in [1.807, 2.05) is 17.0 Å². The molecule has 2 aromatic rings. The molecule has 1 saturated carbocycles. The molecule has 9 nitrogen and oxygen atoms in total. The number of carbonyl (C=O) groups excluding carboxylic acids is 1. The van der Waals surface area contributed by atoms with Crippen molar-refractivity contribution in [1.29, 1.82) is 0 Å². The molecule has 1 aromatic carbocycles. The van der Waals surface area contributed by atoms with Gasteiger partial charge in [-0.3, -0.25) is 14.6 Å². The van der Waals surface area contributed by atoms with Crippen molar-refractivity contribution in [3.63, 3.8) is 0 Å². The lowest BCUT2D eigenvalue weighted by molar-refractivity contribution is -0.131. The molecule has 2 aliphatic heterocycles. The number of H-pyrrole nitrogens is 1. The van der Waals surface area contributed by atoms with E-state index in [9.17, 15) is 13.2 Å². The Hall–Kier alpha value is -2.46. The summed E-state index contributed by atoms with van der Waals surface area (Å²) < 4.78 is 28.9. The molecule has 30 heavy (non-hydrogen) atoms. The summed E-state index contributed by atoms with van der Waals surface area (Å²) in [5, 5.41) is 9.68. The zero-order chi connectivity index (χ0) is 20.7. The van der Waals surface area contributed by atoms with Gasteiger partial charge in [-0.25, -0.2) is 13.4 Å². The Bertz CT molecular complexity index is 1040. The Morgan fingerprint density at radius 3 is 2.70 bits per heavy atom. The first-order valence-electron chi connectivity index (χ1n) is 10.6. The number of sulfonamides is 1. The van der Waals surface area contributed by atoms with E-state index >= 15 is 0 Å². The highest BCUT2D eigenvalue weighted by molar-refractivity contribution is 7.93. The van der Waals surface area contributed by atoms with Gasteiger partial charge >= 0.3 is 0 Å². The highest BCUT2D eigenvalue weighted by Crippen LogP contribution is 2.39. The first-order valence-corrected chi connectivity index (χ1v) is 12.1. The fourth-order valence-electron chi connectivity index (χ4n) is 4.22. The summed E-state index contributed by atoms with van der Waals surface area (Å²) in [7, 11) is -3.68. The minimum Gasteiger partial charge on any atom is -0.341 e.